The third-order valence-electron chi connectivity index (χ3n) is 4.81. The maximum atomic E-state index is 13.2. The molecule has 1 amide bonds. The summed E-state index contributed by atoms with van der Waals surface area (Å²) in [5.41, 5.74) is 7.82. The predicted octanol–water partition coefficient (Wildman–Crippen LogP) is 2.79. The molecule has 0 atom stereocenters. The van der Waals surface area contributed by atoms with Gasteiger partial charge in [-0.15, -0.1) is 22.7 Å². The monoisotopic (exact) mass is 478 g/mol. The minimum absolute atomic E-state index is 0.0322. The molecule has 0 saturated heterocycles. The number of amides is 1. The van der Waals surface area contributed by atoms with Crippen LogP contribution in [0, 0.1) is 6.92 Å². The van der Waals surface area contributed by atoms with Gasteiger partial charge in [0, 0.05) is 17.8 Å². The number of para-hydroxylation sites is 2. The summed E-state index contributed by atoms with van der Waals surface area (Å²) in [4.78, 5) is 28.7. The summed E-state index contributed by atoms with van der Waals surface area (Å²) in [6, 6.07) is 6.85. The molecule has 4 rings (SSSR count). The highest BCUT2D eigenvalue weighted by atomic mass is 32.2. The molecule has 0 fully saturated rings. The number of thiophene rings is 1. The van der Waals surface area contributed by atoms with Gasteiger partial charge in [0.25, 0.3) is 5.91 Å². The van der Waals surface area contributed by atoms with E-state index >= 15 is 0 Å². The normalized spacial score (nSPS) is 14.2. The van der Waals surface area contributed by atoms with E-state index in [0.29, 0.717) is 33.9 Å². The Balaban J connectivity index is 1.58. The number of nitrogen functional groups attached to an aromatic ring is 1. The van der Waals surface area contributed by atoms with E-state index in [1.54, 1.807) is 31.2 Å². The predicted molar refractivity (Wildman–Crippen MR) is 118 cm³/mol. The van der Waals surface area contributed by atoms with Crippen molar-refractivity contribution in [3.05, 3.63) is 55.7 Å². The Kier molecular flexibility index (Phi) is 5.56. The van der Waals surface area contributed by atoms with E-state index in [-0.39, 0.29) is 27.9 Å². The molecule has 1 aliphatic heterocycles. The first kappa shape index (κ1) is 21.4. The molecule has 0 saturated carbocycles. The van der Waals surface area contributed by atoms with Gasteiger partial charge in [-0.2, -0.15) is 4.31 Å². The molecule has 3 heterocycles. The maximum absolute atomic E-state index is 13.2. The van der Waals surface area contributed by atoms with Crippen LogP contribution in [-0.2, 0) is 23.0 Å². The van der Waals surface area contributed by atoms with Crippen LogP contribution in [0.3, 0.4) is 0 Å². The van der Waals surface area contributed by atoms with Crippen LogP contribution < -0.4 is 11.1 Å². The number of nitrogens with one attached hydrogen (secondary N) is 1. The SMILES string of the molecule is Cc1csc(C(=O)O)c1S(=O)(=O)N1CCc2nc(C(=O)Nc3ccccc3N)sc2C1. The zero-order valence-electron chi connectivity index (χ0n) is 16.3. The second kappa shape index (κ2) is 8.04. The van der Waals surface area contributed by atoms with Crippen molar-refractivity contribution in [3.8, 4) is 0 Å². The Bertz CT molecular complexity index is 1300. The number of carbonyl (C=O) groups excluding carboxylic acids is 1. The molecule has 2 aromatic heterocycles. The first-order valence-corrected chi connectivity index (χ1v) is 12.3. The molecule has 1 aliphatic rings. The van der Waals surface area contributed by atoms with Gasteiger partial charge < -0.3 is 16.2 Å². The number of carboxylic acid groups (broad SMARTS) is 1. The van der Waals surface area contributed by atoms with Crippen LogP contribution in [0.1, 0.15) is 35.6 Å². The van der Waals surface area contributed by atoms with Crippen molar-refractivity contribution in [2.75, 3.05) is 17.6 Å². The summed E-state index contributed by atoms with van der Waals surface area (Å²) < 4.78 is 27.6. The molecule has 0 aliphatic carbocycles. The van der Waals surface area contributed by atoms with E-state index in [1.807, 2.05) is 0 Å². The smallest absolute Gasteiger partial charge is 0.347 e. The second-order valence-corrected chi connectivity index (χ2v) is 10.7. The number of carboxylic acids is 1. The zero-order chi connectivity index (χ0) is 22.3. The average Bonchev–Trinajstić information content (AvgIpc) is 3.33. The van der Waals surface area contributed by atoms with Crippen LogP contribution in [0.4, 0.5) is 11.4 Å². The van der Waals surface area contributed by atoms with Gasteiger partial charge in [-0.3, -0.25) is 4.79 Å². The standard InChI is InChI=1S/C19H18N4O5S3/c1-10-9-29-15(19(25)26)16(10)31(27,28)23-7-6-13-14(8-23)30-18(22-13)17(24)21-12-5-3-2-4-11(12)20/h2-5,9H,6-8,20H2,1H3,(H,21,24)(H,25,26). The topological polar surface area (TPSA) is 143 Å². The van der Waals surface area contributed by atoms with Gasteiger partial charge in [-0.25, -0.2) is 18.2 Å². The van der Waals surface area contributed by atoms with Gasteiger partial charge in [-0.05, 0) is 30.0 Å². The number of fused-ring (bicyclic) bond motifs is 1. The quantitative estimate of drug-likeness (QED) is 0.479. The minimum Gasteiger partial charge on any atom is -0.477 e. The highest BCUT2D eigenvalue weighted by Gasteiger charge is 2.35. The summed E-state index contributed by atoms with van der Waals surface area (Å²) in [7, 11) is -4.01. The molecule has 9 nitrogen and oxygen atoms in total. The van der Waals surface area contributed by atoms with Crippen molar-refractivity contribution in [3.63, 3.8) is 0 Å². The van der Waals surface area contributed by atoms with E-state index in [2.05, 4.69) is 10.3 Å². The van der Waals surface area contributed by atoms with Crippen molar-refractivity contribution < 1.29 is 23.1 Å². The van der Waals surface area contributed by atoms with Gasteiger partial charge in [0.15, 0.2) is 5.01 Å². The van der Waals surface area contributed by atoms with Crippen LogP contribution in [0.5, 0.6) is 0 Å². The van der Waals surface area contributed by atoms with Crippen molar-refractivity contribution in [1.82, 2.24) is 9.29 Å². The number of nitrogens with two attached hydrogens (primary N) is 1. The molecule has 162 valence electrons. The highest BCUT2D eigenvalue weighted by molar-refractivity contribution is 7.89. The van der Waals surface area contributed by atoms with Crippen molar-refractivity contribution >= 4 is 55.9 Å². The fourth-order valence-corrected chi connectivity index (χ4v) is 7.38. The fraction of sp³-hybridized carbons (Fsp3) is 0.211. The molecule has 31 heavy (non-hydrogen) atoms. The lowest BCUT2D eigenvalue weighted by Gasteiger charge is -2.25. The van der Waals surface area contributed by atoms with Crippen LogP contribution in [0.2, 0.25) is 0 Å². The third kappa shape index (κ3) is 3.94. The molecule has 0 bridgehead atoms. The van der Waals surface area contributed by atoms with Crippen LogP contribution >= 0.6 is 22.7 Å². The molecule has 4 N–H and O–H groups in total. The lowest BCUT2D eigenvalue weighted by Crippen LogP contribution is -2.36. The number of hydrogen-bond donors (Lipinski definition) is 3. The van der Waals surface area contributed by atoms with Crippen molar-refractivity contribution in [2.45, 2.75) is 24.8 Å². The van der Waals surface area contributed by atoms with E-state index < -0.39 is 21.9 Å². The molecular weight excluding hydrogens is 460 g/mol. The van der Waals surface area contributed by atoms with Crippen LogP contribution in [0.15, 0.2) is 34.5 Å². The lowest BCUT2D eigenvalue weighted by atomic mass is 10.2. The summed E-state index contributed by atoms with van der Waals surface area (Å²) in [5.74, 6) is -1.69. The Morgan fingerprint density at radius 1 is 1.29 bits per heavy atom. The summed E-state index contributed by atoms with van der Waals surface area (Å²) >= 11 is 2.01. The molecular formula is C19H18N4O5S3. The Morgan fingerprint density at radius 2 is 2.03 bits per heavy atom. The van der Waals surface area contributed by atoms with E-state index in [0.717, 1.165) is 22.7 Å². The van der Waals surface area contributed by atoms with Crippen LogP contribution in [0.25, 0.3) is 0 Å². The number of aromatic carboxylic acids is 1. The number of sulfonamides is 1. The Hall–Kier alpha value is -2.80. The Morgan fingerprint density at radius 3 is 2.74 bits per heavy atom. The minimum atomic E-state index is -4.01. The Labute approximate surface area is 186 Å². The summed E-state index contributed by atoms with van der Waals surface area (Å²) in [6.45, 7) is 1.76. The zero-order valence-corrected chi connectivity index (χ0v) is 18.7. The van der Waals surface area contributed by atoms with Gasteiger partial charge in [0.1, 0.15) is 9.77 Å². The van der Waals surface area contributed by atoms with Gasteiger partial charge in [-0.1, -0.05) is 12.1 Å². The second-order valence-electron chi connectivity index (χ2n) is 6.90. The fourth-order valence-electron chi connectivity index (χ4n) is 3.29. The number of aromatic nitrogens is 1. The first-order chi connectivity index (χ1) is 14.7. The molecule has 0 spiro atoms. The molecule has 1 aromatic carbocycles. The molecule has 3 aromatic rings. The summed E-state index contributed by atoms with van der Waals surface area (Å²) in [5, 5.41) is 13.8. The number of nitrogens with zero attached hydrogens (tertiary/aromatic N) is 2. The van der Waals surface area contributed by atoms with E-state index in [4.69, 9.17) is 5.73 Å². The number of thiazole rings is 1. The summed E-state index contributed by atoms with van der Waals surface area (Å²) in [6.07, 6.45) is 0.331. The number of aryl methyl sites for hydroxylation is 1. The molecule has 12 heteroatoms. The van der Waals surface area contributed by atoms with Gasteiger partial charge in [0.05, 0.1) is 23.6 Å². The molecule has 0 radical (unpaired) electrons. The number of carbonyl (C=O) groups is 2. The molecule has 0 unspecified atom stereocenters. The number of rotatable bonds is 5. The third-order valence-corrected chi connectivity index (χ3v) is 9.14. The van der Waals surface area contributed by atoms with Crippen molar-refractivity contribution in [1.29, 1.82) is 0 Å². The lowest BCUT2D eigenvalue weighted by molar-refractivity contribution is 0.0697. The maximum Gasteiger partial charge on any atom is 0.347 e. The van der Waals surface area contributed by atoms with Crippen LogP contribution in [-0.4, -0.2) is 41.2 Å². The van der Waals surface area contributed by atoms with Crippen molar-refractivity contribution in [2.24, 2.45) is 0 Å². The van der Waals surface area contributed by atoms with Gasteiger partial charge in [0.2, 0.25) is 10.0 Å². The number of hydrogen-bond acceptors (Lipinski definition) is 8. The van der Waals surface area contributed by atoms with Gasteiger partial charge >= 0.3 is 5.97 Å². The number of benzene rings is 1. The largest absolute Gasteiger partial charge is 0.477 e. The number of anilines is 2. The van der Waals surface area contributed by atoms with E-state index in [9.17, 15) is 23.1 Å². The van der Waals surface area contributed by atoms with E-state index in [1.165, 1.54) is 9.69 Å². The highest BCUT2D eigenvalue weighted by Crippen LogP contribution is 2.34. The average molecular weight is 479 g/mol. The first-order valence-electron chi connectivity index (χ1n) is 9.14.